The zero-order valence-electron chi connectivity index (χ0n) is 12.3. The molecule has 1 heterocycles. The first-order valence-electron chi connectivity index (χ1n) is 6.85. The SMILES string of the molecule is CC(C)CC(=O)N[C@@H](N1C[C@@H](C)O[C@@H](C)C1)C(Cl)(Cl)Cl. The van der Waals surface area contributed by atoms with Gasteiger partial charge in [-0.15, -0.1) is 0 Å². The number of ether oxygens (including phenoxy) is 1. The highest BCUT2D eigenvalue weighted by atomic mass is 35.6. The third kappa shape index (κ3) is 5.94. The normalized spacial score (nSPS) is 26.6. The Morgan fingerprint density at radius 2 is 1.80 bits per heavy atom. The van der Waals surface area contributed by atoms with Crippen LogP contribution in [0.4, 0.5) is 0 Å². The Bertz CT molecular complexity index is 324. The van der Waals surface area contributed by atoms with Crippen molar-refractivity contribution < 1.29 is 9.53 Å². The van der Waals surface area contributed by atoms with Crippen molar-refractivity contribution in [3.8, 4) is 0 Å². The molecule has 1 saturated heterocycles. The number of halogens is 3. The Hall–Kier alpha value is 0.260. The van der Waals surface area contributed by atoms with Crippen LogP contribution in [0.3, 0.4) is 0 Å². The Morgan fingerprint density at radius 3 is 2.20 bits per heavy atom. The smallest absolute Gasteiger partial charge is 0.223 e. The van der Waals surface area contributed by atoms with Crippen LogP contribution >= 0.6 is 34.8 Å². The molecule has 118 valence electrons. The molecule has 0 aromatic rings. The fourth-order valence-electron chi connectivity index (χ4n) is 2.39. The molecule has 1 aliphatic rings. The van der Waals surface area contributed by atoms with Gasteiger partial charge in [0.25, 0.3) is 0 Å². The van der Waals surface area contributed by atoms with E-state index >= 15 is 0 Å². The third-order valence-electron chi connectivity index (χ3n) is 3.01. The van der Waals surface area contributed by atoms with Crippen LogP contribution < -0.4 is 5.32 Å². The molecule has 1 amide bonds. The molecule has 0 bridgehead atoms. The molecule has 0 radical (unpaired) electrons. The molecule has 0 saturated carbocycles. The van der Waals surface area contributed by atoms with Crippen LogP contribution in [0.15, 0.2) is 0 Å². The molecule has 4 nitrogen and oxygen atoms in total. The Balaban J connectivity index is 2.76. The van der Waals surface area contributed by atoms with Crippen molar-refractivity contribution in [1.29, 1.82) is 0 Å². The van der Waals surface area contributed by atoms with Gasteiger partial charge in [0, 0.05) is 19.5 Å². The number of nitrogens with one attached hydrogen (secondary N) is 1. The fourth-order valence-corrected chi connectivity index (χ4v) is 2.97. The average Bonchev–Trinajstić information content (AvgIpc) is 2.21. The second-order valence-corrected chi connectivity index (χ2v) is 8.19. The van der Waals surface area contributed by atoms with Gasteiger partial charge in [-0.1, -0.05) is 48.7 Å². The number of nitrogens with zero attached hydrogens (tertiary/aromatic N) is 1. The van der Waals surface area contributed by atoms with Gasteiger partial charge in [0.1, 0.15) is 6.17 Å². The van der Waals surface area contributed by atoms with E-state index < -0.39 is 9.96 Å². The molecular formula is C13H23Cl3N2O2. The van der Waals surface area contributed by atoms with Crippen LogP contribution in [0, 0.1) is 5.92 Å². The van der Waals surface area contributed by atoms with Gasteiger partial charge < -0.3 is 10.1 Å². The van der Waals surface area contributed by atoms with Crippen LogP contribution in [0.1, 0.15) is 34.1 Å². The minimum atomic E-state index is -1.58. The highest BCUT2D eigenvalue weighted by Crippen LogP contribution is 2.33. The zero-order chi connectivity index (χ0) is 15.5. The standard InChI is InChI=1S/C13H23Cl3N2O2/c1-8(2)5-11(19)17-12(13(14,15)16)18-6-9(3)20-10(4)7-18/h8-10,12H,5-7H2,1-4H3,(H,17,19)/t9-,10+,12-/m0/s1. The van der Waals surface area contributed by atoms with Crippen molar-refractivity contribution in [2.45, 2.75) is 56.3 Å². The summed E-state index contributed by atoms with van der Waals surface area (Å²) in [6.45, 7) is 9.11. The topological polar surface area (TPSA) is 41.6 Å². The molecular weight excluding hydrogens is 323 g/mol. The van der Waals surface area contributed by atoms with Crippen molar-refractivity contribution in [2.24, 2.45) is 5.92 Å². The second-order valence-electron chi connectivity index (χ2n) is 5.82. The van der Waals surface area contributed by atoms with Gasteiger partial charge in [0.2, 0.25) is 9.70 Å². The number of hydrogen-bond donors (Lipinski definition) is 1. The quantitative estimate of drug-likeness (QED) is 0.797. The van der Waals surface area contributed by atoms with Crippen LogP contribution in [-0.4, -0.2) is 46.1 Å². The third-order valence-corrected chi connectivity index (χ3v) is 3.63. The summed E-state index contributed by atoms with van der Waals surface area (Å²) in [6.07, 6.45) is -0.161. The van der Waals surface area contributed by atoms with E-state index in [0.29, 0.717) is 19.5 Å². The number of hydrogen-bond acceptors (Lipinski definition) is 3. The Morgan fingerprint density at radius 1 is 1.30 bits per heavy atom. The molecule has 0 unspecified atom stereocenters. The van der Waals surface area contributed by atoms with Crippen molar-refractivity contribution in [2.75, 3.05) is 13.1 Å². The maximum atomic E-state index is 12.0. The molecule has 1 rings (SSSR count). The van der Waals surface area contributed by atoms with E-state index in [1.807, 2.05) is 32.6 Å². The van der Waals surface area contributed by atoms with Gasteiger partial charge in [-0.2, -0.15) is 0 Å². The fraction of sp³-hybridized carbons (Fsp3) is 0.923. The number of morpholine rings is 1. The van der Waals surface area contributed by atoms with Crippen molar-refractivity contribution in [1.82, 2.24) is 10.2 Å². The number of amides is 1. The van der Waals surface area contributed by atoms with Gasteiger partial charge >= 0.3 is 0 Å². The van der Waals surface area contributed by atoms with Gasteiger partial charge in [0.05, 0.1) is 12.2 Å². The summed E-state index contributed by atoms with van der Waals surface area (Å²) in [4.78, 5) is 13.9. The van der Waals surface area contributed by atoms with Gasteiger partial charge in [-0.3, -0.25) is 9.69 Å². The van der Waals surface area contributed by atoms with E-state index in [9.17, 15) is 4.79 Å². The summed E-state index contributed by atoms with van der Waals surface area (Å²) in [7, 11) is 0. The minimum absolute atomic E-state index is 0.0376. The lowest BCUT2D eigenvalue weighted by Gasteiger charge is -2.42. The summed E-state index contributed by atoms with van der Waals surface area (Å²) in [6, 6.07) is 0. The number of carbonyl (C=O) groups excluding carboxylic acids is 1. The van der Waals surface area contributed by atoms with Crippen molar-refractivity contribution >= 4 is 40.7 Å². The van der Waals surface area contributed by atoms with Crippen LogP contribution in [0.25, 0.3) is 0 Å². The number of rotatable bonds is 4. The predicted molar refractivity (Wildman–Crippen MR) is 83.3 cm³/mol. The maximum absolute atomic E-state index is 12.0. The van der Waals surface area contributed by atoms with Gasteiger partial charge in [0.15, 0.2) is 0 Å². The minimum Gasteiger partial charge on any atom is -0.373 e. The maximum Gasteiger partial charge on any atom is 0.223 e. The second kappa shape index (κ2) is 7.50. The lowest BCUT2D eigenvalue weighted by molar-refractivity contribution is -0.126. The lowest BCUT2D eigenvalue weighted by Crippen LogP contribution is -2.61. The summed E-state index contributed by atoms with van der Waals surface area (Å²) in [5.74, 6) is 0.150. The number of alkyl halides is 3. The van der Waals surface area contributed by atoms with Crippen LogP contribution in [-0.2, 0) is 9.53 Å². The largest absolute Gasteiger partial charge is 0.373 e. The van der Waals surface area contributed by atoms with E-state index in [0.717, 1.165) is 0 Å². The monoisotopic (exact) mass is 344 g/mol. The van der Waals surface area contributed by atoms with E-state index in [-0.39, 0.29) is 24.0 Å². The first kappa shape index (κ1) is 18.3. The summed E-state index contributed by atoms with van der Waals surface area (Å²) in [5, 5.41) is 2.83. The molecule has 0 aromatic heterocycles. The first-order chi connectivity index (χ1) is 9.09. The van der Waals surface area contributed by atoms with Gasteiger partial charge in [-0.05, 0) is 19.8 Å². The first-order valence-corrected chi connectivity index (χ1v) is 7.98. The molecule has 1 fully saturated rings. The Kier molecular flexibility index (Phi) is 6.87. The van der Waals surface area contributed by atoms with Crippen molar-refractivity contribution in [3.05, 3.63) is 0 Å². The van der Waals surface area contributed by atoms with E-state index in [1.165, 1.54) is 0 Å². The molecule has 1 aliphatic heterocycles. The molecule has 3 atom stereocenters. The lowest BCUT2D eigenvalue weighted by atomic mass is 10.1. The Labute approximate surface area is 136 Å². The zero-order valence-corrected chi connectivity index (χ0v) is 14.6. The molecule has 0 aromatic carbocycles. The van der Waals surface area contributed by atoms with Crippen LogP contribution in [0.2, 0.25) is 0 Å². The van der Waals surface area contributed by atoms with E-state index in [1.54, 1.807) is 0 Å². The summed E-state index contributed by atoms with van der Waals surface area (Å²) < 4.78 is 4.09. The molecule has 1 N–H and O–H groups in total. The predicted octanol–water partition coefficient (Wildman–Crippen LogP) is 2.95. The summed E-state index contributed by atoms with van der Waals surface area (Å²) >= 11 is 18.1. The van der Waals surface area contributed by atoms with Gasteiger partial charge in [-0.25, -0.2) is 0 Å². The molecule has 0 spiro atoms. The molecule has 7 heteroatoms. The van der Waals surface area contributed by atoms with E-state index in [4.69, 9.17) is 39.5 Å². The molecule has 20 heavy (non-hydrogen) atoms. The molecule has 0 aliphatic carbocycles. The average molecular weight is 346 g/mol. The highest BCUT2D eigenvalue weighted by molar-refractivity contribution is 6.68. The van der Waals surface area contributed by atoms with Crippen LogP contribution in [0.5, 0.6) is 0 Å². The van der Waals surface area contributed by atoms with Crippen molar-refractivity contribution in [3.63, 3.8) is 0 Å². The highest BCUT2D eigenvalue weighted by Gasteiger charge is 2.41. The summed E-state index contributed by atoms with van der Waals surface area (Å²) in [5.41, 5.74) is 0. The number of carbonyl (C=O) groups is 1. The van der Waals surface area contributed by atoms with E-state index in [2.05, 4.69) is 5.32 Å².